The van der Waals surface area contributed by atoms with E-state index in [0.717, 1.165) is 34.4 Å². The SMILES string of the molecule is CC1(C)c2cccc(c2O)-c2cccc(c2O)C(C)(C)c2nc(cn2-c2ccccc2)-c2cn(-c3ccccc3)c1n2.[Pt]. The van der Waals surface area contributed by atoms with Gasteiger partial charge in [-0.2, -0.15) is 0 Å². The van der Waals surface area contributed by atoms with Crippen molar-refractivity contribution in [2.45, 2.75) is 38.5 Å². The van der Waals surface area contributed by atoms with Gasteiger partial charge in [0.2, 0.25) is 0 Å². The number of fused-ring (bicyclic) bond motifs is 10. The van der Waals surface area contributed by atoms with Crippen molar-refractivity contribution in [1.29, 1.82) is 0 Å². The summed E-state index contributed by atoms with van der Waals surface area (Å²) in [6.07, 6.45) is 4.05. The van der Waals surface area contributed by atoms with Crippen LogP contribution >= 0.6 is 0 Å². The average Bonchev–Trinajstić information content (AvgIpc) is 3.65. The van der Waals surface area contributed by atoms with E-state index in [9.17, 15) is 10.2 Å². The zero-order valence-corrected chi connectivity index (χ0v) is 26.7. The van der Waals surface area contributed by atoms with Crippen molar-refractivity contribution in [1.82, 2.24) is 19.1 Å². The van der Waals surface area contributed by atoms with Crippen molar-refractivity contribution in [3.05, 3.63) is 132 Å². The molecule has 0 amide bonds. The van der Waals surface area contributed by atoms with E-state index in [2.05, 4.69) is 61.1 Å². The van der Waals surface area contributed by atoms with E-state index >= 15 is 0 Å². The number of hydrogen-bond acceptors (Lipinski definition) is 4. The van der Waals surface area contributed by atoms with Crippen LogP contribution in [-0.4, -0.2) is 29.3 Å². The third kappa shape index (κ3) is 4.44. The maximum Gasteiger partial charge on any atom is 0.127 e. The normalized spacial score (nSPS) is 14.4. The Morgan fingerprint density at radius 1 is 0.512 bits per heavy atom. The number of imidazole rings is 2. The molecule has 0 saturated heterocycles. The molecular formula is C36H32N4O2Pt. The molecule has 2 aromatic heterocycles. The molecule has 7 heteroatoms. The Hall–Kier alpha value is -4.41. The molecule has 8 bridgehead atoms. The van der Waals surface area contributed by atoms with E-state index < -0.39 is 10.8 Å². The molecule has 0 radical (unpaired) electrons. The second-order valence-electron chi connectivity index (χ2n) is 12.0. The average molecular weight is 748 g/mol. The molecule has 6 aromatic rings. The van der Waals surface area contributed by atoms with Gasteiger partial charge in [-0.15, -0.1) is 0 Å². The minimum absolute atomic E-state index is 0. The number of phenolic OH excluding ortho intramolecular Hbond substituents is 2. The van der Waals surface area contributed by atoms with Crippen molar-refractivity contribution in [3.8, 4) is 45.4 Å². The molecule has 0 atom stereocenters. The van der Waals surface area contributed by atoms with Gasteiger partial charge in [0, 0.05) is 67.1 Å². The smallest absolute Gasteiger partial charge is 0.127 e. The molecule has 3 heterocycles. The van der Waals surface area contributed by atoms with Gasteiger partial charge in [0.25, 0.3) is 0 Å². The quantitative estimate of drug-likeness (QED) is 0.190. The van der Waals surface area contributed by atoms with Gasteiger partial charge in [-0.25, -0.2) is 9.97 Å². The van der Waals surface area contributed by atoms with Crippen molar-refractivity contribution >= 4 is 0 Å². The fourth-order valence-electron chi connectivity index (χ4n) is 6.23. The summed E-state index contributed by atoms with van der Waals surface area (Å²) < 4.78 is 4.18. The van der Waals surface area contributed by atoms with Gasteiger partial charge in [0.05, 0.1) is 10.8 Å². The third-order valence-corrected chi connectivity index (χ3v) is 8.57. The summed E-state index contributed by atoms with van der Waals surface area (Å²) in [5.41, 5.74) is 4.51. The zero-order chi connectivity index (χ0) is 29.2. The predicted molar refractivity (Wildman–Crippen MR) is 166 cm³/mol. The second-order valence-corrected chi connectivity index (χ2v) is 12.0. The third-order valence-electron chi connectivity index (χ3n) is 8.57. The summed E-state index contributed by atoms with van der Waals surface area (Å²) in [5.74, 6) is 1.78. The predicted octanol–water partition coefficient (Wildman–Crippen LogP) is 7.77. The Balaban J connectivity index is 0.00000329. The van der Waals surface area contributed by atoms with Crippen LogP contribution in [-0.2, 0) is 31.9 Å². The first-order valence-electron chi connectivity index (χ1n) is 14.1. The monoisotopic (exact) mass is 747 g/mol. The van der Waals surface area contributed by atoms with Crippen molar-refractivity contribution in [2.24, 2.45) is 0 Å². The number of nitrogens with zero attached hydrogens (tertiary/aromatic N) is 4. The Morgan fingerprint density at radius 2 is 0.884 bits per heavy atom. The molecule has 6 nitrogen and oxygen atoms in total. The molecule has 1 aliphatic rings. The fraction of sp³-hybridized carbons (Fsp3) is 0.167. The number of hydrogen-bond donors (Lipinski definition) is 2. The van der Waals surface area contributed by atoms with Crippen LogP contribution in [0, 0.1) is 0 Å². The van der Waals surface area contributed by atoms with E-state index in [1.807, 2.05) is 85.2 Å². The van der Waals surface area contributed by atoms with Crippen LogP contribution in [0.15, 0.2) is 109 Å². The number of aromatic nitrogens is 4. The number of aromatic hydroxyl groups is 2. The van der Waals surface area contributed by atoms with E-state index in [-0.39, 0.29) is 32.6 Å². The van der Waals surface area contributed by atoms with Crippen molar-refractivity contribution < 1.29 is 31.3 Å². The topological polar surface area (TPSA) is 76.1 Å². The van der Waals surface area contributed by atoms with Gasteiger partial charge in [-0.1, -0.05) is 72.8 Å². The van der Waals surface area contributed by atoms with Gasteiger partial charge in [-0.05, 0) is 52.0 Å². The second kappa shape index (κ2) is 10.4. The summed E-state index contributed by atoms with van der Waals surface area (Å²) in [6, 6.07) is 31.6. The molecule has 43 heavy (non-hydrogen) atoms. The van der Waals surface area contributed by atoms with Crippen LogP contribution in [0.4, 0.5) is 0 Å². The minimum Gasteiger partial charge on any atom is -0.507 e. The van der Waals surface area contributed by atoms with Crippen LogP contribution < -0.4 is 0 Å². The Morgan fingerprint density at radius 3 is 1.26 bits per heavy atom. The van der Waals surface area contributed by atoms with Gasteiger partial charge in [-0.3, -0.25) is 0 Å². The van der Waals surface area contributed by atoms with Gasteiger partial charge >= 0.3 is 0 Å². The molecular weight excluding hydrogens is 716 g/mol. The molecule has 0 aliphatic carbocycles. The largest absolute Gasteiger partial charge is 0.507 e. The number of benzene rings is 4. The van der Waals surface area contributed by atoms with E-state index in [1.54, 1.807) is 0 Å². The summed E-state index contributed by atoms with van der Waals surface area (Å²) in [7, 11) is 0. The van der Waals surface area contributed by atoms with Crippen LogP contribution in [0.5, 0.6) is 11.5 Å². The van der Waals surface area contributed by atoms with Gasteiger partial charge in [0.1, 0.15) is 34.5 Å². The van der Waals surface area contributed by atoms with Crippen LogP contribution in [0.1, 0.15) is 50.5 Å². The van der Waals surface area contributed by atoms with Crippen molar-refractivity contribution in [2.75, 3.05) is 0 Å². The molecule has 0 unspecified atom stereocenters. The first kappa shape index (κ1) is 28.7. The molecule has 7 rings (SSSR count). The summed E-state index contributed by atoms with van der Waals surface area (Å²) in [4.78, 5) is 10.4. The molecule has 0 saturated carbocycles. The number of phenols is 2. The minimum atomic E-state index is -0.713. The standard InChI is InChI=1S/C36H32N4O2.Pt/c1-35(2)27-19-11-17-25(31(27)41)26-18-12-20-28(32(26)42)36(3,4)34-38-30(22-40(34)24-15-9-6-10-16-24)29-21-39(33(35)37-29)23-13-7-5-8-14-23;/h5-22,41-42H,1-4H3;. The van der Waals surface area contributed by atoms with Crippen LogP contribution in [0.2, 0.25) is 0 Å². The van der Waals surface area contributed by atoms with Crippen molar-refractivity contribution in [3.63, 3.8) is 0 Å². The Labute approximate surface area is 265 Å². The fourth-order valence-corrected chi connectivity index (χ4v) is 6.23. The summed E-state index contributed by atoms with van der Waals surface area (Å²) in [6.45, 7) is 8.26. The maximum absolute atomic E-state index is 11.8. The molecule has 0 spiro atoms. The zero-order valence-electron chi connectivity index (χ0n) is 24.4. The molecule has 1 aliphatic heterocycles. The maximum atomic E-state index is 11.8. The molecule has 0 fully saturated rings. The molecule has 2 N–H and O–H groups in total. The molecule has 218 valence electrons. The first-order chi connectivity index (χ1) is 20.2. The van der Waals surface area contributed by atoms with Crippen LogP contribution in [0.3, 0.4) is 0 Å². The molecule has 4 aromatic carbocycles. The van der Waals surface area contributed by atoms with Gasteiger partial charge < -0.3 is 19.3 Å². The van der Waals surface area contributed by atoms with Gasteiger partial charge in [0.15, 0.2) is 0 Å². The summed E-state index contributed by atoms with van der Waals surface area (Å²) >= 11 is 0. The van der Waals surface area contributed by atoms with E-state index in [1.165, 1.54) is 0 Å². The number of rotatable bonds is 2. The van der Waals surface area contributed by atoms with E-state index in [0.29, 0.717) is 22.3 Å². The Bertz CT molecular complexity index is 1810. The van der Waals surface area contributed by atoms with Crippen LogP contribution in [0.25, 0.3) is 33.9 Å². The number of para-hydroxylation sites is 4. The first-order valence-corrected chi connectivity index (χ1v) is 14.1. The Kier molecular flexibility index (Phi) is 6.93. The van der Waals surface area contributed by atoms with E-state index in [4.69, 9.17) is 9.97 Å². The summed E-state index contributed by atoms with van der Waals surface area (Å²) in [5, 5.41) is 23.6.